The lowest BCUT2D eigenvalue weighted by Gasteiger charge is -2.24. The summed E-state index contributed by atoms with van der Waals surface area (Å²) in [6, 6.07) is 5.40. The normalized spacial score (nSPS) is 18.9. The Bertz CT molecular complexity index is 389. The van der Waals surface area contributed by atoms with Gasteiger partial charge in [-0.25, -0.2) is 4.79 Å². The van der Waals surface area contributed by atoms with E-state index in [9.17, 15) is 4.79 Å². The fourth-order valence-corrected chi connectivity index (χ4v) is 1.85. The minimum absolute atomic E-state index is 0.324. The monoisotopic (exact) mass is 226 g/mol. The topological polar surface area (TPSA) is 35.5 Å². The van der Waals surface area contributed by atoms with Crippen LogP contribution in [0.3, 0.4) is 0 Å². The van der Waals surface area contributed by atoms with Gasteiger partial charge in [-0.3, -0.25) is 0 Å². The van der Waals surface area contributed by atoms with Crippen LogP contribution >= 0.6 is 11.6 Å². The minimum atomic E-state index is -0.483. The van der Waals surface area contributed by atoms with Crippen molar-refractivity contribution in [3.8, 4) is 5.75 Å². The van der Waals surface area contributed by atoms with Crippen LogP contribution in [0.4, 0.5) is 0 Å². The van der Waals surface area contributed by atoms with Gasteiger partial charge in [-0.1, -0.05) is 11.6 Å². The summed E-state index contributed by atoms with van der Waals surface area (Å²) >= 11 is 5.86. The molecular formula is C11H11ClO3. The Labute approximate surface area is 92.9 Å². The molecule has 0 fully saturated rings. The highest BCUT2D eigenvalue weighted by Crippen LogP contribution is 2.30. The van der Waals surface area contributed by atoms with Crippen LogP contribution < -0.4 is 4.74 Å². The maximum atomic E-state index is 11.3. The van der Waals surface area contributed by atoms with E-state index in [1.54, 1.807) is 12.1 Å². The molecule has 0 amide bonds. The number of carbonyl (C=O) groups excluding carboxylic acids is 1. The van der Waals surface area contributed by atoms with E-state index in [2.05, 4.69) is 4.74 Å². The molecular weight excluding hydrogens is 216 g/mol. The Balaban J connectivity index is 2.20. The van der Waals surface area contributed by atoms with E-state index in [4.69, 9.17) is 16.3 Å². The lowest BCUT2D eigenvalue weighted by molar-refractivity contribution is -0.149. The summed E-state index contributed by atoms with van der Waals surface area (Å²) in [5, 5.41) is 0.689. The Morgan fingerprint density at radius 2 is 2.40 bits per heavy atom. The molecule has 0 aromatic heterocycles. The number of aryl methyl sites for hydroxylation is 1. The first kappa shape index (κ1) is 10.3. The molecule has 3 nitrogen and oxygen atoms in total. The Kier molecular flexibility index (Phi) is 2.82. The highest BCUT2D eigenvalue weighted by molar-refractivity contribution is 6.30. The maximum Gasteiger partial charge on any atom is 0.347 e. The van der Waals surface area contributed by atoms with Crippen molar-refractivity contribution in [2.45, 2.75) is 18.9 Å². The smallest absolute Gasteiger partial charge is 0.347 e. The molecule has 0 saturated heterocycles. The van der Waals surface area contributed by atoms with Gasteiger partial charge in [0.25, 0.3) is 0 Å². The Hall–Kier alpha value is -1.22. The molecule has 80 valence electrons. The highest BCUT2D eigenvalue weighted by Gasteiger charge is 2.26. The van der Waals surface area contributed by atoms with Crippen molar-refractivity contribution in [2.24, 2.45) is 0 Å². The van der Waals surface area contributed by atoms with E-state index in [0.29, 0.717) is 11.4 Å². The molecule has 0 radical (unpaired) electrons. The van der Waals surface area contributed by atoms with Gasteiger partial charge in [-0.05, 0) is 36.6 Å². The third-order valence-corrected chi connectivity index (χ3v) is 2.67. The zero-order valence-corrected chi connectivity index (χ0v) is 9.08. The van der Waals surface area contributed by atoms with Crippen LogP contribution in [-0.4, -0.2) is 19.2 Å². The van der Waals surface area contributed by atoms with Gasteiger partial charge in [0, 0.05) is 5.02 Å². The number of benzene rings is 1. The van der Waals surface area contributed by atoms with Crippen molar-refractivity contribution in [2.75, 3.05) is 7.11 Å². The third-order valence-electron chi connectivity index (χ3n) is 2.43. The second-order valence-corrected chi connectivity index (χ2v) is 3.86. The van der Waals surface area contributed by atoms with Crippen LogP contribution in [0.1, 0.15) is 12.0 Å². The number of carbonyl (C=O) groups is 1. The van der Waals surface area contributed by atoms with Crippen molar-refractivity contribution < 1.29 is 14.3 Å². The lowest BCUT2D eigenvalue weighted by Crippen LogP contribution is -2.32. The van der Waals surface area contributed by atoms with Crippen LogP contribution in [0.2, 0.25) is 5.02 Å². The number of ether oxygens (including phenoxy) is 2. The number of esters is 1. The number of fused-ring (bicyclic) bond motifs is 1. The molecule has 0 spiro atoms. The van der Waals surface area contributed by atoms with Gasteiger partial charge in [0.15, 0.2) is 6.10 Å². The third kappa shape index (κ3) is 2.07. The molecule has 0 saturated carbocycles. The second kappa shape index (κ2) is 4.11. The summed E-state index contributed by atoms with van der Waals surface area (Å²) in [5.41, 5.74) is 1.04. The molecule has 0 unspecified atom stereocenters. The van der Waals surface area contributed by atoms with Gasteiger partial charge in [-0.2, -0.15) is 0 Å². The van der Waals surface area contributed by atoms with Gasteiger partial charge < -0.3 is 9.47 Å². The first-order valence-corrected chi connectivity index (χ1v) is 5.11. The van der Waals surface area contributed by atoms with E-state index in [-0.39, 0.29) is 5.97 Å². The van der Waals surface area contributed by atoms with Crippen LogP contribution in [-0.2, 0) is 16.0 Å². The van der Waals surface area contributed by atoms with E-state index >= 15 is 0 Å². The molecule has 4 heteroatoms. The van der Waals surface area contributed by atoms with E-state index in [1.807, 2.05) is 6.07 Å². The predicted octanol–water partition coefficient (Wildman–Crippen LogP) is 2.21. The zero-order chi connectivity index (χ0) is 10.8. The van der Waals surface area contributed by atoms with E-state index in [0.717, 1.165) is 17.7 Å². The first-order chi connectivity index (χ1) is 7.20. The molecule has 1 aliphatic heterocycles. The van der Waals surface area contributed by atoms with Crippen LogP contribution in [0.15, 0.2) is 18.2 Å². The molecule has 1 atom stereocenters. The second-order valence-electron chi connectivity index (χ2n) is 3.42. The highest BCUT2D eigenvalue weighted by atomic mass is 35.5. The maximum absolute atomic E-state index is 11.3. The van der Waals surface area contributed by atoms with Crippen molar-refractivity contribution in [3.05, 3.63) is 28.8 Å². The van der Waals surface area contributed by atoms with Gasteiger partial charge in [-0.15, -0.1) is 0 Å². The van der Waals surface area contributed by atoms with Gasteiger partial charge in [0.05, 0.1) is 7.11 Å². The molecule has 0 N–H and O–H groups in total. The molecule has 1 aliphatic rings. The summed E-state index contributed by atoms with van der Waals surface area (Å²) in [6.45, 7) is 0. The average Bonchev–Trinajstić information content (AvgIpc) is 2.27. The SMILES string of the molecule is COC(=O)[C@@H]1CCc2cc(Cl)ccc2O1. The van der Waals surface area contributed by atoms with Crippen LogP contribution in [0.25, 0.3) is 0 Å². The summed E-state index contributed by atoms with van der Waals surface area (Å²) in [6.07, 6.45) is 0.944. The lowest BCUT2D eigenvalue weighted by atomic mass is 10.0. The van der Waals surface area contributed by atoms with Crippen LogP contribution in [0, 0.1) is 0 Å². The standard InChI is InChI=1S/C11H11ClO3/c1-14-11(13)10-4-2-7-6-8(12)3-5-9(7)15-10/h3,5-6,10H,2,4H2,1H3/t10-/m0/s1. The molecule has 1 aromatic rings. The van der Waals surface area contributed by atoms with Gasteiger partial charge >= 0.3 is 5.97 Å². The predicted molar refractivity (Wildman–Crippen MR) is 56.2 cm³/mol. The van der Waals surface area contributed by atoms with Crippen molar-refractivity contribution in [1.29, 1.82) is 0 Å². The average molecular weight is 227 g/mol. The molecule has 0 bridgehead atoms. The molecule has 1 aromatic carbocycles. The summed E-state index contributed by atoms with van der Waals surface area (Å²) in [5.74, 6) is 0.400. The first-order valence-electron chi connectivity index (χ1n) is 4.73. The number of methoxy groups -OCH3 is 1. The molecule has 15 heavy (non-hydrogen) atoms. The van der Waals surface area contributed by atoms with Crippen LogP contribution in [0.5, 0.6) is 5.75 Å². The molecule has 0 aliphatic carbocycles. The largest absolute Gasteiger partial charge is 0.478 e. The van der Waals surface area contributed by atoms with Crippen molar-refractivity contribution in [1.82, 2.24) is 0 Å². The Morgan fingerprint density at radius 1 is 1.60 bits per heavy atom. The summed E-state index contributed by atoms with van der Waals surface area (Å²) in [7, 11) is 1.36. The van der Waals surface area contributed by atoms with Gasteiger partial charge in [0.2, 0.25) is 0 Å². The zero-order valence-electron chi connectivity index (χ0n) is 8.33. The van der Waals surface area contributed by atoms with Gasteiger partial charge in [0.1, 0.15) is 5.75 Å². The summed E-state index contributed by atoms with van der Waals surface area (Å²) < 4.78 is 10.1. The fourth-order valence-electron chi connectivity index (χ4n) is 1.65. The number of rotatable bonds is 1. The van der Waals surface area contributed by atoms with Crippen molar-refractivity contribution >= 4 is 17.6 Å². The number of hydrogen-bond donors (Lipinski definition) is 0. The summed E-state index contributed by atoms with van der Waals surface area (Å²) in [4.78, 5) is 11.3. The molecule has 2 rings (SSSR count). The van der Waals surface area contributed by atoms with E-state index < -0.39 is 6.10 Å². The number of halogens is 1. The minimum Gasteiger partial charge on any atom is -0.478 e. The Morgan fingerprint density at radius 3 is 3.13 bits per heavy atom. The quantitative estimate of drug-likeness (QED) is 0.689. The van der Waals surface area contributed by atoms with Crippen molar-refractivity contribution in [3.63, 3.8) is 0 Å². The van der Waals surface area contributed by atoms with E-state index in [1.165, 1.54) is 7.11 Å². The number of hydrogen-bond acceptors (Lipinski definition) is 3. The fraction of sp³-hybridized carbons (Fsp3) is 0.364. The molecule has 1 heterocycles.